The monoisotopic (exact) mass is 264 g/mol. The van der Waals surface area contributed by atoms with Crippen LogP contribution in [0.2, 0.25) is 0 Å². The summed E-state index contributed by atoms with van der Waals surface area (Å²) in [6.45, 7) is 11.5. The van der Waals surface area contributed by atoms with Crippen molar-refractivity contribution in [2.45, 2.75) is 27.2 Å². The maximum absolute atomic E-state index is 5.69. The third kappa shape index (κ3) is 8.62. The summed E-state index contributed by atoms with van der Waals surface area (Å²) in [7, 11) is 0. The minimum absolute atomic E-state index is 0.725. The van der Waals surface area contributed by atoms with Gasteiger partial charge in [0.1, 0.15) is 5.75 Å². The van der Waals surface area contributed by atoms with Crippen molar-refractivity contribution in [1.82, 2.24) is 10.6 Å². The van der Waals surface area contributed by atoms with Crippen molar-refractivity contribution in [3.05, 3.63) is 29.8 Å². The molecule has 2 N–H and O–H groups in total. The SMILES string of the molecule is Cc1cccc(OCCCNCCNCC(C)C)c1. The van der Waals surface area contributed by atoms with Crippen molar-refractivity contribution in [2.24, 2.45) is 5.92 Å². The van der Waals surface area contributed by atoms with Crippen LogP contribution in [-0.2, 0) is 0 Å². The average molecular weight is 264 g/mol. The zero-order valence-electron chi connectivity index (χ0n) is 12.5. The van der Waals surface area contributed by atoms with E-state index in [0.717, 1.165) is 50.9 Å². The summed E-state index contributed by atoms with van der Waals surface area (Å²) in [6, 6.07) is 8.20. The second-order valence-electron chi connectivity index (χ2n) is 5.37. The van der Waals surface area contributed by atoms with E-state index < -0.39 is 0 Å². The van der Waals surface area contributed by atoms with Gasteiger partial charge in [-0.25, -0.2) is 0 Å². The van der Waals surface area contributed by atoms with Crippen LogP contribution in [0.1, 0.15) is 25.8 Å². The molecular weight excluding hydrogens is 236 g/mol. The normalized spacial score (nSPS) is 10.9. The molecule has 3 nitrogen and oxygen atoms in total. The van der Waals surface area contributed by atoms with E-state index in [2.05, 4.69) is 43.5 Å². The first-order valence-corrected chi connectivity index (χ1v) is 7.29. The van der Waals surface area contributed by atoms with Crippen LogP contribution in [0.5, 0.6) is 5.75 Å². The van der Waals surface area contributed by atoms with Gasteiger partial charge in [0.2, 0.25) is 0 Å². The van der Waals surface area contributed by atoms with E-state index in [1.54, 1.807) is 0 Å². The molecule has 1 rings (SSSR count). The van der Waals surface area contributed by atoms with Gasteiger partial charge in [0.05, 0.1) is 6.61 Å². The van der Waals surface area contributed by atoms with Crippen LogP contribution >= 0.6 is 0 Å². The van der Waals surface area contributed by atoms with E-state index in [-0.39, 0.29) is 0 Å². The van der Waals surface area contributed by atoms with E-state index in [1.807, 2.05) is 12.1 Å². The van der Waals surface area contributed by atoms with Gasteiger partial charge in [-0.3, -0.25) is 0 Å². The van der Waals surface area contributed by atoms with Crippen molar-refractivity contribution < 1.29 is 4.74 Å². The summed E-state index contributed by atoms with van der Waals surface area (Å²) in [6.07, 6.45) is 1.04. The Morgan fingerprint density at radius 1 is 1.11 bits per heavy atom. The molecule has 0 fully saturated rings. The third-order valence-electron chi connectivity index (χ3n) is 2.79. The highest BCUT2D eigenvalue weighted by Gasteiger charge is 1.95. The van der Waals surface area contributed by atoms with Crippen molar-refractivity contribution in [2.75, 3.05) is 32.8 Å². The fourth-order valence-corrected chi connectivity index (χ4v) is 1.78. The van der Waals surface area contributed by atoms with Gasteiger partial charge in [0, 0.05) is 13.1 Å². The van der Waals surface area contributed by atoms with E-state index >= 15 is 0 Å². The second-order valence-corrected chi connectivity index (χ2v) is 5.37. The lowest BCUT2D eigenvalue weighted by molar-refractivity contribution is 0.308. The highest BCUT2D eigenvalue weighted by Crippen LogP contribution is 2.12. The molecule has 0 aromatic heterocycles. The molecule has 0 saturated heterocycles. The highest BCUT2D eigenvalue weighted by molar-refractivity contribution is 5.27. The molecule has 0 aliphatic rings. The Labute approximate surface area is 117 Å². The molecule has 0 amide bonds. The van der Waals surface area contributed by atoms with Crippen LogP contribution < -0.4 is 15.4 Å². The quantitative estimate of drug-likeness (QED) is 0.637. The van der Waals surface area contributed by atoms with E-state index in [1.165, 1.54) is 5.56 Å². The molecule has 108 valence electrons. The number of hydrogen-bond acceptors (Lipinski definition) is 3. The molecule has 19 heavy (non-hydrogen) atoms. The Morgan fingerprint density at radius 2 is 1.89 bits per heavy atom. The number of rotatable bonds is 10. The fraction of sp³-hybridized carbons (Fsp3) is 0.625. The molecule has 0 saturated carbocycles. The summed E-state index contributed by atoms with van der Waals surface area (Å²) in [4.78, 5) is 0. The van der Waals surface area contributed by atoms with Gasteiger partial charge in [-0.05, 0) is 50.0 Å². The number of ether oxygens (including phenoxy) is 1. The van der Waals surface area contributed by atoms with E-state index in [4.69, 9.17) is 4.74 Å². The molecule has 3 heteroatoms. The first kappa shape index (κ1) is 16.0. The molecule has 0 heterocycles. The summed E-state index contributed by atoms with van der Waals surface area (Å²) in [5, 5.41) is 6.83. The molecule has 0 aliphatic heterocycles. The van der Waals surface area contributed by atoms with Gasteiger partial charge in [-0.2, -0.15) is 0 Å². The highest BCUT2D eigenvalue weighted by atomic mass is 16.5. The summed E-state index contributed by atoms with van der Waals surface area (Å²) < 4.78 is 5.69. The first-order chi connectivity index (χ1) is 9.18. The van der Waals surface area contributed by atoms with Crippen LogP contribution in [0.15, 0.2) is 24.3 Å². The van der Waals surface area contributed by atoms with Crippen molar-refractivity contribution >= 4 is 0 Å². The second kappa shape index (κ2) is 9.82. The Hall–Kier alpha value is -1.06. The van der Waals surface area contributed by atoms with Crippen LogP contribution in [0.4, 0.5) is 0 Å². The lowest BCUT2D eigenvalue weighted by Crippen LogP contribution is -2.30. The van der Waals surface area contributed by atoms with Gasteiger partial charge in [0.25, 0.3) is 0 Å². The Kier molecular flexibility index (Phi) is 8.26. The van der Waals surface area contributed by atoms with Crippen LogP contribution in [0.25, 0.3) is 0 Å². The van der Waals surface area contributed by atoms with Crippen molar-refractivity contribution in [3.63, 3.8) is 0 Å². The Bertz CT molecular complexity index is 339. The van der Waals surface area contributed by atoms with Gasteiger partial charge < -0.3 is 15.4 Å². The Balaban J connectivity index is 1.91. The lowest BCUT2D eigenvalue weighted by Gasteiger charge is -2.09. The number of nitrogens with one attached hydrogen (secondary N) is 2. The molecule has 1 aromatic carbocycles. The maximum atomic E-state index is 5.69. The molecule has 0 bridgehead atoms. The minimum Gasteiger partial charge on any atom is -0.494 e. The van der Waals surface area contributed by atoms with Crippen LogP contribution in [0, 0.1) is 12.8 Å². The molecule has 1 aromatic rings. The van der Waals surface area contributed by atoms with Gasteiger partial charge >= 0.3 is 0 Å². The standard InChI is InChI=1S/C16H28N2O/c1-14(2)13-18-10-9-17-8-5-11-19-16-7-4-6-15(3)12-16/h4,6-7,12,14,17-18H,5,8-11,13H2,1-3H3. The molecular formula is C16H28N2O. The predicted octanol–water partition coefficient (Wildman–Crippen LogP) is 2.60. The summed E-state index contributed by atoms with van der Waals surface area (Å²) in [5.74, 6) is 1.70. The van der Waals surface area contributed by atoms with Crippen LogP contribution in [0.3, 0.4) is 0 Å². The number of aryl methyl sites for hydroxylation is 1. The molecule has 0 unspecified atom stereocenters. The van der Waals surface area contributed by atoms with Crippen molar-refractivity contribution in [1.29, 1.82) is 0 Å². The van der Waals surface area contributed by atoms with Crippen molar-refractivity contribution in [3.8, 4) is 5.75 Å². The largest absolute Gasteiger partial charge is 0.494 e. The zero-order valence-corrected chi connectivity index (χ0v) is 12.5. The maximum Gasteiger partial charge on any atom is 0.119 e. The summed E-state index contributed by atoms with van der Waals surface area (Å²) >= 11 is 0. The van der Waals surface area contributed by atoms with Gasteiger partial charge in [-0.15, -0.1) is 0 Å². The average Bonchev–Trinajstić information content (AvgIpc) is 2.36. The molecule has 0 radical (unpaired) electrons. The van der Waals surface area contributed by atoms with Crippen LogP contribution in [-0.4, -0.2) is 32.8 Å². The first-order valence-electron chi connectivity index (χ1n) is 7.29. The molecule has 0 aliphatic carbocycles. The third-order valence-corrected chi connectivity index (χ3v) is 2.79. The Morgan fingerprint density at radius 3 is 2.63 bits per heavy atom. The topological polar surface area (TPSA) is 33.3 Å². The lowest BCUT2D eigenvalue weighted by atomic mass is 10.2. The van der Waals surface area contributed by atoms with Gasteiger partial charge in [0.15, 0.2) is 0 Å². The van der Waals surface area contributed by atoms with E-state index in [0.29, 0.717) is 0 Å². The number of benzene rings is 1. The predicted molar refractivity (Wildman–Crippen MR) is 81.9 cm³/mol. The minimum atomic E-state index is 0.725. The van der Waals surface area contributed by atoms with Gasteiger partial charge in [-0.1, -0.05) is 26.0 Å². The zero-order chi connectivity index (χ0) is 13.9. The fourth-order valence-electron chi connectivity index (χ4n) is 1.78. The number of hydrogen-bond donors (Lipinski definition) is 2. The molecule has 0 spiro atoms. The summed E-state index contributed by atoms with van der Waals surface area (Å²) in [5.41, 5.74) is 1.24. The van der Waals surface area contributed by atoms with E-state index in [9.17, 15) is 0 Å². The smallest absolute Gasteiger partial charge is 0.119 e. The molecule has 0 atom stereocenters.